The first-order valence-corrected chi connectivity index (χ1v) is 8.85. The van der Waals surface area contributed by atoms with Crippen LogP contribution in [0.5, 0.6) is 0 Å². The van der Waals surface area contributed by atoms with Crippen molar-refractivity contribution in [2.24, 2.45) is 0 Å². The molecule has 0 radical (unpaired) electrons. The zero-order chi connectivity index (χ0) is 16.9. The molecule has 5 nitrogen and oxygen atoms in total. The molecule has 1 aromatic heterocycles. The van der Waals surface area contributed by atoms with Crippen LogP contribution in [-0.4, -0.2) is 27.2 Å². The normalized spacial score (nSPS) is 10.6. The van der Waals surface area contributed by atoms with Crippen molar-refractivity contribution in [1.82, 2.24) is 20.3 Å². The number of aromatic nitrogens is 3. The minimum absolute atomic E-state index is 0.260. The average molecular weight is 359 g/mol. The van der Waals surface area contributed by atoms with E-state index in [2.05, 4.69) is 15.6 Å². The zero-order valence-electron chi connectivity index (χ0n) is 12.9. The molecular formula is C17H15ClN4OS. The third kappa shape index (κ3) is 3.96. The highest BCUT2D eigenvalue weighted by molar-refractivity contribution is 7.98. The summed E-state index contributed by atoms with van der Waals surface area (Å²) in [6.07, 6.45) is 3.62. The number of carbonyl (C=O) groups is 1. The van der Waals surface area contributed by atoms with Crippen LogP contribution in [0.15, 0.2) is 59.6 Å². The number of rotatable bonds is 5. The highest BCUT2D eigenvalue weighted by Crippen LogP contribution is 2.15. The van der Waals surface area contributed by atoms with Crippen molar-refractivity contribution in [2.75, 3.05) is 6.26 Å². The van der Waals surface area contributed by atoms with E-state index in [0.29, 0.717) is 11.6 Å². The van der Waals surface area contributed by atoms with Gasteiger partial charge in [0.25, 0.3) is 5.91 Å². The van der Waals surface area contributed by atoms with Gasteiger partial charge in [-0.1, -0.05) is 28.9 Å². The molecule has 0 unspecified atom stereocenters. The van der Waals surface area contributed by atoms with E-state index < -0.39 is 0 Å². The minimum Gasteiger partial charge on any atom is -0.347 e. The molecule has 0 saturated carbocycles. The second-order valence-corrected chi connectivity index (χ2v) is 6.37. The van der Waals surface area contributed by atoms with Crippen LogP contribution in [-0.2, 0) is 6.54 Å². The molecule has 0 aliphatic heterocycles. The lowest BCUT2D eigenvalue weighted by molar-refractivity contribution is 0.0946. The molecule has 0 aliphatic carbocycles. The summed E-state index contributed by atoms with van der Waals surface area (Å²) in [5.41, 5.74) is 2.09. The summed E-state index contributed by atoms with van der Waals surface area (Å²) < 4.78 is 1.54. The van der Waals surface area contributed by atoms with Gasteiger partial charge >= 0.3 is 0 Å². The van der Waals surface area contributed by atoms with Gasteiger partial charge in [-0.15, -0.1) is 16.9 Å². The summed E-state index contributed by atoms with van der Waals surface area (Å²) in [6, 6.07) is 15.2. The Morgan fingerprint density at radius 1 is 1.17 bits per heavy atom. The molecule has 24 heavy (non-hydrogen) atoms. The quantitative estimate of drug-likeness (QED) is 0.708. The molecule has 1 amide bonds. The van der Waals surface area contributed by atoms with Gasteiger partial charge in [0.2, 0.25) is 0 Å². The highest BCUT2D eigenvalue weighted by atomic mass is 35.5. The van der Waals surface area contributed by atoms with Crippen molar-refractivity contribution in [1.29, 1.82) is 0 Å². The lowest BCUT2D eigenvalue weighted by atomic mass is 10.2. The second-order valence-electron chi connectivity index (χ2n) is 5.06. The van der Waals surface area contributed by atoms with Crippen LogP contribution in [0.2, 0.25) is 5.02 Å². The fourth-order valence-electron chi connectivity index (χ4n) is 2.10. The third-order valence-corrected chi connectivity index (χ3v) is 4.42. The topological polar surface area (TPSA) is 59.8 Å². The lowest BCUT2D eigenvalue weighted by Crippen LogP contribution is -2.23. The molecule has 0 bridgehead atoms. The van der Waals surface area contributed by atoms with Crippen molar-refractivity contribution < 1.29 is 4.79 Å². The van der Waals surface area contributed by atoms with Crippen LogP contribution in [0, 0.1) is 0 Å². The van der Waals surface area contributed by atoms with E-state index in [1.165, 1.54) is 4.90 Å². The molecule has 0 atom stereocenters. The van der Waals surface area contributed by atoms with Crippen LogP contribution in [0.4, 0.5) is 0 Å². The minimum atomic E-state index is -0.260. The second kappa shape index (κ2) is 7.51. The van der Waals surface area contributed by atoms with Crippen LogP contribution >= 0.6 is 23.4 Å². The smallest absolute Gasteiger partial charge is 0.273 e. The summed E-state index contributed by atoms with van der Waals surface area (Å²) in [6.45, 7) is 0.446. The van der Waals surface area contributed by atoms with E-state index in [1.807, 2.05) is 42.7 Å². The first-order valence-electron chi connectivity index (χ1n) is 7.25. The fourth-order valence-corrected chi connectivity index (χ4v) is 2.64. The molecule has 3 rings (SSSR count). The van der Waals surface area contributed by atoms with E-state index in [-0.39, 0.29) is 11.6 Å². The van der Waals surface area contributed by atoms with Crippen LogP contribution in [0.25, 0.3) is 5.69 Å². The standard InChI is InChI=1S/C17H15ClN4OS/c1-24-15-8-2-12(3-9-15)10-19-17(23)16-11-22(21-20-16)14-6-4-13(18)5-7-14/h2-9,11H,10H2,1H3,(H,19,23). The Hall–Kier alpha value is -2.31. The fraction of sp³-hybridized carbons (Fsp3) is 0.118. The van der Waals surface area contributed by atoms with Gasteiger partial charge in [0.15, 0.2) is 5.69 Å². The highest BCUT2D eigenvalue weighted by Gasteiger charge is 2.11. The van der Waals surface area contributed by atoms with E-state index in [4.69, 9.17) is 11.6 Å². The number of nitrogens with zero attached hydrogens (tertiary/aromatic N) is 3. The van der Waals surface area contributed by atoms with Gasteiger partial charge in [-0.05, 0) is 48.2 Å². The van der Waals surface area contributed by atoms with Crippen molar-refractivity contribution in [3.05, 3.63) is 71.0 Å². The number of benzene rings is 2. The Labute approximate surface area is 149 Å². The molecule has 0 spiro atoms. The Morgan fingerprint density at radius 2 is 1.88 bits per heavy atom. The Morgan fingerprint density at radius 3 is 2.54 bits per heavy atom. The Kier molecular flexibility index (Phi) is 5.17. The summed E-state index contributed by atoms with van der Waals surface area (Å²) in [5, 5.41) is 11.4. The van der Waals surface area contributed by atoms with Crippen molar-refractivity contribution in [2.45, 2.75) is 11.4 Å². The van der Waals surface area contributed by atoms with Crippen LogP contribution in [0.3, 0.4) is 0 Å². The third-order valence-electron chi connectivity index (χ3n) is 3.43. The maximum atomic E-state index is 12.2. The molecule has 1 N–H and O–H groups in total. The summed E-state index contributed by atoms with van der Waals surface area (Å²) in [4.78, 5) is 13.4. The number of thioether (sulfide) groups is 1. The molecule has 0 fully saturated rings. The maximum Gasteiger partial charge on any atom is 0.273 e. The SMILES string of the molecule is CSc1ccc(CNC(=O)c2cn(-c3ccc(Cl)cc3)nn2)cc1. The number of halogens is 1. The molecule has 2 aromatic carbocycles. The number of carbonyl (C=O) groups excluding carboxylic acids is 1. The molecule has 7 heteroatoms. The van der Waals surface area contributed by atoms with E-state index >= 15 is 0 Å². The lowest BCUT2D eigenvalue weighted by Gasteiger charge is -2.04. The van der Waals surface area contributed by atoms with Crippen molar-refractivity contribution >= 4 is 29.3 Å². The predicted molar refractivity (Wildman–Crippen MR) is 95.8 cm³/mol. The molecule has 0 saturated heterocycles. The van der Waals surface area contributed by atoms with Gasteiger partial charge in [-0.3, -0.25) is 4.79 Å². The van der Waals surface area contributed by atoms with Gasteiger partial charge in [0.1, 0.15) is 0 Å². The number of hydrogen-bond donors (Lipinski definition) is 1. The average Bonchev–Trinajstić information content (AvgIpc) is 3.11. The summed E-state index contributed by atoms with van der Waals surface area (Å²) >= 11 is 7.55. The number of hydrogen-bond acceptors (Lipinski definition) is 4. The molecule has 1 heterocycles. The van der Waals surface area contributed by atoms with Gasteiger partial charge in [-0.25, -0.2) is 4.68 Å². The van der Waals surface area contributed by atoms with Gasteiger partial charge in [0, 0.05) is 16.5 Å². The van der Waals surface area contributed by atoms with Crippen LogP contribution in [0.1, 0.15) is 16.1 Å². The number of amides is 1. The zero-order valence-corrected chi connectivity index (χ0v) is 14.5. The van der Waals surface area contributed by atoms with E-state index in [0.717, 1.165) is 11.3 Å². The van der Waals surface area contributed by atoms with E-state index in [1.54, 1.807) is 34.8 Å². The van der Waals surface area contributed by atoms with Crippen molar-refractivity contribution in [3.63, 3.8) is 0 Å². The monoisotopic (exact) mass is 358 g/mol. The Bertz CT molecular complexity index is 831. The molecule has 0 aliphatic rings. The van der Waals surface area contributed by atoms with Gasteiger partial charge < -0.3 is 5.32 Å². The summed E-state index contributed by atoms with van der Waals surface area (Å²) in [5.74, 6) is -0.260. The van der Waals surface area contributed by atoms with Gasteiger partial charge in [0.05, 0.1) is 11.9 Å². The Balaban J connectivity index is 1.64. The number of nitrogens with one attached hydrogen (secondary N) is 1. The van der Waals surface area contributed by atoms with Gasteiger partial charge in [-0.2, -0.15) is 0 Å². The molecule has 122 valence electrons. The summed E-state index contributed by atoms with van der Waals surface area (Å²) in [7, 11) is 0. The first-order chi connectivity index (χ1) is 11.7. The molecule has 3 aromatic rings. The first kappa shape index (κ1) is 16.5. The maximum absolute atomic E-state index is 12.2. The largest absolute Gasteiger partial charge is 0.347 e. The van der Waals surface area contributed by atoms with Crippen LogP contribution < -0.4 is 5.32 Å². The van der Waals surface area contributed by atoms with Crippen molar-refractivity contribution in [3.8, 4) is 5.69 Å². The molecular weight excluding hydrogens is 344 g/mol. The predicted octanol–water partition coefficient (Wildman–Crippen LogP) is 3.57. The van der Waals surface area contributed by atoms with E-state index in [9.17, 15) is 4.79 Å².